The first-order chi connectivity index (χ1) is 11.8. The predicted molar refractivity (Wildman–Crippen MR) is 98.6 cm³/mol. The lowest BCUT2D eigenvalue weighted by molar-refractivity contribution is -0.928. The zero-order chi connectivity index (χ0) is 16.4. The highest BCUT2D eigenvalue weighted by atomic mass is 32.1. The molecule has 0 saturated carbocycles. The Bertz CT molecular complexity index is 860. The second-order valence-corrected chi connectivity index (χ2v) is 7.15. The van der Waals surface area contributed by atoms with Crippen LogP contribution in [-0.4, -0.2) is 17.7 Å². The number of benzene rings is 2. The van der Waals surface area contributed by atoms with Gasteiger partial charge in [-0.15, -0.1) is 0 Å². The minimum atomic E-state index is 0.593. The summed E-state index contributed by atoms with van der Waals surface area (Å²) in [6.45, 7) is 3.32. The second kappa shape index (κ2) is 6.91. The molecule has 2 aromatic carbocycles. The van der Waals surface area contributed by atoms with E-state index in [4.69, 9.17) is 16.6 Å². The maximum atomic E-state index is 5.71. The topological polar surface area (TPSA) is 22.5 Å². The van der Waals surface area contributed by atoms with E-state index in [0.717, 1.165) is 23.7 Å². The number of fused-ring (bicyclic) bond motifs is 1. The van der Waals surface area contributed by atoms with Crippen molar-refractivity contribution >= 4 is 23.3 Å². The second-order valence-electron chi connectivity index (χ2n) is 6.80. The minimum Gasteiger partial charge on any atom is -0.429 e. The molecule has 24 heavy (non-hydrogen) atoms. The lowest BCUT2D eigenvalue weighted by Crippen LogP contribution is -3.12. The predicted octanol–water partition coefficient (Wildman–Crippen LogP) is 3.46. The van der Waals surface area contributed by atoms with Crippen LogP contribution in [0.1, 0.15) is 18.4 Å². The number of aromatic nitrogens is 1. The van der Waals surface area contributed by atoms with Crippen LogP contribution in [0.5, 0.6) is 0 Å². The molecule has 0 atom stereocenters. The summed E-state index contributed by atoms with van der Waals surface area (Å²) in [5, 5.41) is 0. The smallest absolute Gasteiger partial charge is 0.274 e. The average molecular weight is 339 g/mol. The summed E-state index contributed by atoms with van der Waals surface area (Å²) >= 11 is 5.41. The molecule has 0 amide bonds. The maximum Gasteiger partial charge on any atom is 0.274 e. The number of para-hydroxylation sites is 2. The summed E-state index contributed by atoms with van der Waals surface area (Å²) in [7, 11) is 0. The first-order valence-electron chi connectivity index (χ1n) is 8.75. The van der Waals surface area contributed by atoms with E-state index in [1.165, 1.54) is 37.9 Å². The number of nitrogens with one attached hydrogen (secondary N) is 1. The molecule has 1 aliphatic heterocycles. The van der Waals surface area contributed by atoms with Crippen molar-refractivity contribution in [3.05, 3.63) is 65.0 Å². The van der Waals surface area contributed by atoms with Crippen molar-refractivity contribution in [3.8, 4) is 0 Å². The summed E-state index contributed by atoms with van der Waals surface area (Å²) in [5.74, 6) is 0.810. The third kappa shape index (κ3) is 3.30. The molecule has 4 rings (SSSR count). The minimum absolute atomic E-state index is 0.593. The number of likely N-dealkylation sites (tertiary alicyclic amines) is 1. The highest BCUT2D eigenvalue weighted by Crippen LogP contribution is 2.18. The van der Waals surface area contributed by atoms with E-state index in [1.54, 1.807) is 4.90 Å². The van der Waals surface area contributed by atoms with Crippen LogP contribution in [0.3, 0.4) is 0 Å². The molecule has 4 heteroatoms. The fourth-order valence-corrected chi connectivity index (χ4v) is 4.04. The van der Waals surface area contributed by atoms with Gasteiger partial charge in [0.1, 0.15) is 0 Å². The Morgan fingerprint density at radius 1 is 1.00 bits per heavy atom. The molecule has 124 valence electrons. The highest BCUT2D eigenvalue weighted by Gasteiger charge is 2.23. The van der Waals surface area contributed by atoms with Crippen LogP contribution < -0.4 is 4.90 Å². The van der Waals surface area contributed by atoms with Gasteiger partial charge in [-0.2, -0.15) is 0 Å². The first-order valence-corrected chi connectivity index (χ1v) is 9.16. The number of quaternary nitrogens is 1. The molecular formula is C20H23N2OS+. The zero-order valence-corrected chi connectivity index (χ0v) is 14.6. The molecule has 0 unspecified atom stereocenters. The summed E-state index contributed by atoms with van der Waals surface area (Å²) in [6, 6.07) is 19.0. The normalized spacial score (nSPS) is 21.2. The number of rotatable bonds is 4. The Hall–Kier alpha value is -1.91. The SMILES string of the molecule is S=c1oc2ccccc2n1C[NH+]1CCC(Cc2ccccc2)CC1. The van der Waals surface area contributed by atoms with Gasteiger partial charge in [-0.05, 0) is 55.1 Å². The number of nitrogens with zero attached hydrogens (tertiary/aromatic N) is 1. The largest absolute Gasteiger partial charge is 0.429 e. The molecule has 1 fully saturated rings. The van der Waals surface area contributed by atoms with E-state index >= 15 is 0 Å². The Labute approximate surface area is 147 Å². The Morgan fingerprint density at radius 2 is 1.71 bits per heavy atom. The van der Waals surface area contributed by atoms with Gasteiger partial charge in [-0.1, -0.05) is 42.5 Å². The number of oxazole rings is 1. The van der Waals surface area contributed by atoms with Crippen molar-refractivity contribution in [1.82, 2.24) is 4.57 Å². The van der Waals surface area contributed by atoms with Crippen molar-refractivity contribution in [2.45, 2.75) is 25.9 Å². The number of hydrogen-bond acceptors (Lipinski definition) is 2. The van der Waals surface area contributed by atoms with Gasteiger partial charge in [0.05, 0.1) is 18.6 Å². The molecule has 1 saturated heterocycles. The van der Waals surface area contributed by atoms with Gasteiger partial charge in [0.25, 0.3) is 4.84 Å². The molecule has 0 spiro atoms. The van der Waals surface area contributed by atoms with Crippen LogP contribution in [0, 0.1) is 10.8 Å². The van der Waals surface area contributed by atoms with Crippen molar-refractivity contribution in [2.75, 3.05) is 13.1 Å². The van der Waals surface area contributed by atoms with E-state index in [0.29, 0.717) is 4.84 Å². The van der Waals surface area contributed by atoms with Crippen molar-refractivity contribution in [3.63, 3.8) is 0 Å². The summed E-state index contributed by atoms with van der Waals surface area (Å²) in [6.07, 6.45) is 3.78. The van der Waals surface area contributed by atoms with E-state index in [-0.39, 0.29) is 0 Å². The van der Waals surface area contributed by atoms with E-state index in [2.05, 4.69) is 41.0 Å². The molecule has 1 aromatic heterocycles. The van der Waals surface area contributed by atoms with Gasteiger partial charge in [-0.3, -0.25) is 4.57 Å². The lowest BCUT2D eigenvalue weighted by Gasteiger charge is -2.29. The quantitative estimate of drug-likeness (QED) is 0.736. The molecular weight excluding hydrogens is 316 g/mol. The van der Waals surface area contributed by atoms with E-state index in [1.807, 2.05) is 18.2 Å². The third-order valence-electron chi connectivity index (χ3n) is 5.13. The number of hydrogen-bond donors (Lipinski definition) is 1. The summed E-state index contributed by atoms with van der Waals surface area (Å²) in [5.41, 5.74) is 3.47. The third-order valence-corrected chi connectivity index (χ3v) is 5.44. The summed E-state index contributed by atoms with van der Waals surface area (Å²) in [4.78, 5) is 2.19. The Morgan fingerprint density at radius 3 is 2.50 bits per heavy atom. The first kappa shape index (κ1) is 15.6. The van der Waals surface area contributed by atoms with Crippen LogP contribution >= 0.6 is 12.2 Å². The molecule has 3 nitrogen and oxygen atoms in total. The summed E-state index contributed by atoms with van der Waals surface area (Å²) < 4.78 is 7.86. The lowest BCUT2D eigenvalue weighted by atomic mass is 9.90. The average Bonchev–Trinajstić information content (AvgIpc) is 2.93. The van der Waals surface area contributed by atoms with Crippen molar-refractivity contribution < 1.29 is 9.32 Å². The molecule has 1 N–H and O–H groups in total. The van der Waals surface area contributed by atoms with E-state index < -0.39 is 0 Å². The van der Waals surface area contributed by atoms with Crippen LogP contribution in [0.15, 0.2) is 59.0 Å². The van der Waals surface area contributed by atoms with Gasteiger partial charge in [-0.25, -0.2) is 0 Å². The van der Waals surface area contributed by atoms with Crippen LogP contribution in [0.4, 0.5) is 0 Å². The molecule has 1 aliphatic rings. The van der Waals surface area contributed by atoms with Crippen LogP contribution in [0.25, 0.3) is 11.1 Å². The van der Waals surface area contributed by atoms with Crippen molar-refractivity contribution in [2.24, 2.45) is 5.92 Å². The molecule has 2 heterocycles. The van der Waals surface area contributed by atoms with Crippen molar-refractivity contribution in [1.29, 1.82) is 0 Å². The van der Waals surface area contributed by atoms with Gasteiger partial charge in [0.2, 0.25) is 0 Å². The van der Waals surface area contributed by atoms with Gasteiger partial charge >= 0.3 is 0 Å². The molecule has 0 bridgehead atoms. The molecule has 3 aromatic rings. The zero-order valence-electron chi connectivity index (χ0n) is 13.8. The standard InChI is InChI=1S/C20H22N2OS/c24-20-22(18-8-4-5-9-19(18)23-20)15-21-12-10-17(11-13-21)14-16-6-2-1-3-7-16/h1-9,17H,10-15H2/p+1. The van der Waals surface area contributed by atoms with E-state index in [9.17, 15) is 0 Å². The Balaban J connectivity index is 1.39. The van der Waals surface area contributed by atoms with Gasteiger partial charge < -0.3 is 9.32 Å². The van der Waals surface area contributed by atoms with Crippen LogP contribution in [0.2, 0.25) is 0 Å². The fraction of sp³-hybridized carbons (Fsp3) is 0.350. The molecule has 0 aliphatic carbocycles. The van der Waals surface area contributed by atoms with Crippen LogP contribution in [-0.2, 0) is 13.1 Å². The monoisotopic (exact) mass is 339 g/mol. The van der Waals surface area contributed by atoms with Gasteiger partial charge in [0, 0.05) is 0 Å². The van der Waals surface area contributed by atoms with Gasteiger partial charge in [0.15, 0.2) is 12.3 Å². The fourth-order valence-electron chi connectivity index (χ4n) is 3.78. The molecule has 0 radical (unpaired) electrons. The highest BCUT2D eigenvalue weighted by molar-refractivity contribution is 7.71. The number of piperidine rings is 1. The maximum absolute atomic E-state index is 5.71. The Kier molecular flexibility index (Phi) is 4.50.